The lowest BCUT2D eigenvalue weighted by Crippen LogP contribution is -2.43. The summed E-state index contributed by atoms with van der Waals surface area (Å²) in [4.78, 5) is 35.6. The molecule has 0 aliphatic carbocycles. The predicted octanol–water partition coefficient (Wildman–Crippen LogP) is 3.32. The number of thioether (sulfide) groups is 1. The molecule has 1 rings (SSSR count). The standard InChI is InChI=1S/C20H29NO4S/c1-6-25-19(23)18(21-15(5)22)12-26-20(24)14(4)17-9-7-16(8-10-17)11-13(2)3/h7-10,13-14,18H,6,11-12H2,1-5H3,(H,21,22)/t14-,18+/m1/s1. The van der Waals surface area contributed by atoms with Crippen LogP contribution < -0.4 is 5.32 Å². The molecular formula is C20H29NO4S. The molecule has 1 N–H and O–H groups in total. The first-order valence-electron chi connectivity index (χ1n) is 8.93. The Hall–Kier alpha value is -1.82. The van der Waals surface area contributed by atoms with E-state index in [-0.39, 0.29) is 29.3 Å². The topological polar surface area (TPSA) is 72.5 Å². The van der Waals surface area contributed by atoms with Crippen molar-refractivity contribution in [2.75, 3.05) is 12.4 Å². The normalized spacial score (nSPS) is 13.2. The number of carbonyl (C=O) groups excluding carboxylic acids is 3. The molecule has 6 heteroatoms. The molecule has 26 heavy (non-hydrogen) atoms. The number of carbonyl (C=O) groups is 3. The Labute approximate surface area is 160 Å². The minimum Gasteiger partial charge on any atom is -0.464 e. The molecule has 0 aliphatic heterocycles. The van der Waals surface area contributed by atoms with Gasteiger partial charge in [0.15, 0.2) is 5.12 Å². The summed E-state index contributed by atoms with van der Waals surface area (Å²) in [6.07, 6.45) is 1.01. The summed E-state index contributed by atoms with van der Waals surface area (Å²) in [5.41, 5.74) is 2.20. The molecule has 1 aromatic rings. The molecular weight excluding hydrogens is 350 g/mol. The lowest BCUT2D eigenvalue weighted by atomic mass is 9.97. The summed E-state index contributed by atoms with van der Waals surface area (Å²) in [7, 11) is 0. The van der Waals surface area contributed by atoms with Crippen LogP contribution in [0, 0.1) is 5.92 Å². The van der Waals surface area contributed by atoms with E-state index >= 15 is 0 Å². The summed E-state index contributed by atoms with van der Waals surface area (Å²) in [6.45, 7) is 9.46. The molecule has 144 valence electrons. The molecule has 0 fully saturated rings. The lowest BCUT2D eigenvalue weighted by molar-refractivity contribution is -0.146. The van der Waals surface area contributed by atoms with Gasteiger partial charge in [0.05, 0.1) is 12.5 Å². The molecule has 5 nitrogen and oxygen atoms in total. The number of esters is 1. The average molecular weight is 380 g/mol. The second-order valence-corrected chi connectivity index (χ2v) is 7.72. The molecule has 1 aromatic carbocycles. The Kier molecular flexibility index (Phi) is 9.41. The predicted molar refractivity (Wildman–Crippen MR) is 105 cm³/mol. The second kappa shape index (κ2) is 11.0. The molecule has 0 unspecified atom stereocenters. The van der Waals surface area contributed by atoms with Crippen LogP contribution in [0.5, 0.6) is 0 Å². The van der Waals surface area contributed by atoms with Crippen molar-refractivity contribution >= 4 is 28.8 Å². The number of ether oxygens (including phenoxy) is 1. The van der Waals surface area contributed by atoms with Crippen LogP contribution in [-0.2, 0) is 25.5 Å². The highest BCUT2D eigenvalue weighted by atomic mass is 32.2. The minimum absolute atomic E-state index is 0.0405. The molecule has 0 saturated heterocycles. The van der Waals surface area contributed by atoms with Gasteiger partial charge in [-0.15, -0.1) is 0 Å². The molecule has 0 aromatic heterocycles. The van der Waals surface area contributed by atoms with E-state index in [9.17, 15) is 14.4 Å². The van der Waals surface area contributed by atoms with Gasteiger partial charge in [-0.3, -0.25) is 9.59 Å². The zero-order valence-electron chi connectivity index (χ0n) is 16.2. The minimum atomic E-state index is -0.818. The Bertz CT molecular complexity index is 613. The van der Waals surface area contributed by atoms with Gasteiger partial charge in [0.1, 0.15) is 6.04 Å². The summed E-state index contributed by atoms with van der Waals surface area (Å²) in [5, 5.41) is 2.50. The zero-order chi connectivity index (χ0) is 19.7. The van der Waals surface area contributed by atoms with Crippen LogP contribution in [0.4, 0.5) is 0 Å². The highest BCUT2D eigenvalue weighted by Gasteiger charge is 2.24. The third-order valence-electron chi connectivity index (χ3n) is 3.82. The number of benzene rings is 1. The maximum absolute atomic E-state index is 12.5. The van der Waals surface area contributed by atoms with Crippen LogP contribution in [-0.4, -0.2) is 35.4 Å². The van der Waals surface area contributed by atoms with Gasteiger partial charge >= 0.3 is 5.97 Å². The van der Waals surface area contributed by atoms with Crippen molar-refractivity contribution in [3.63, 3.8) is 0 Å². The summed E-state index contributed by atoms with van der Waals surface area (Å²) in [5.74, 6) is -0.386. The van der Waals surface area contributed by atoms with E-state index in [1.54, 1.807) is 6.92 Å². The van der Waals surface area contributed by atoms with Crippen LogP contribution in [0.2, 0.25) is 0 Å². The van der Waals surface area contributed by atoms with Crippen LogP contribution >= 0.6 is 11.8 Å². The quantitative estimate of drug-likeness (QED) is 0.667. The van der Waals surface area contributed by atoms with Crippen molar-refractivity contribution in [2.45, 2.75) is 53.0 Å². The van der Waals surface area contributed by atoms with Crippen molar-refractivity contribution in [3.8, 4) is 0 Å². The van der Waals surface area contributed by atoms with Crippen LogP contribution in [0.15, 0.2) is 24.3 Å². The fourth-order valence-corrected chi connectivity index (χ4v) is 3.43. The molecule has 0 aliphatic rings. The van der Waals surface area contributed by atoms with Gasteiger partial charge in [0, 0.05) is 12.7 Å². The first-order valence-corrected chi connectivity index (χ1v) is 9.92. The van der Waals surface area contributed by atoms with Gasteiger partial charge < -0.3 is 10.1 Å². The van der Waals surface area contributed by atoms with E-state index < -0.39 is 12.0 Å². The number of nitrogens with one attached hydrogen (secondary N) is 1. The Morgan fingerprint density at radius 1 is 1.12 bits per heavy atom. The summed E-state index contributed by atoms with van der Waals surface area (Å²) in [6, 6.07) is 7.27. The van der Waals surface area contributed by atoms with Crippen molar-refractivity contribution in [3.05, 3.63) is 35.4 Å². The van der Waals surface area contributed by atoms with Crippen LogP contribution in [0.3, 0.4) is 0 Å². The van der Waals surface area contributed by atoms with Crippen molar-refractivity contribution in [1.29, 1.82) is 0 Å². The van der Waals surface area contributed by atoms with Gasteiger partial charge in [-0.1, -0.05) is 56.8 Å². The summed E-state index contributed by atoms with van der Waals surface area (Å²) < 4.78 is 4.95. The SMILES string of the molecule is CCOC(=O)[C@H](CSC(=O)[C@H](C)c1ccc(CC(C)C)cc1)NC(C)=O. The Morgan fingerprint density at radius 3 is 2.23 bits per heavy atom. The van der Waals surface area contributed by atoms with Gasteiger partial charge in [-0.05, 0) is 30.4 Å². The average Bonchev–Trinajstić information content (AvgIpc) is 2.57. The first kappa shape index (κ1) is 22.2. The van der Waals surface area contributed by atoms with Gasteiger partial charge in [0.2, 0.25) is 5.91 Å². The molecule has 0 radical (unpaired) electrons. The number of rotatable bonds is 9. The van der Waals surface area contributed by atoms with Crippen LogP contribution in [0.25, 0.3) is 0 Å². The van der Waals surface area contributed by atoms with Gasteiger partial charge in [0.25, 0.3) is 0 Å². The second-order valence-electron chi connectivity index (χ2n) is 6.70. The molecule has 2 atom stereocenters. The van der Waals surface area contributed by atoms with E-state index in [0.717, 1.165) is 23.7 Å². The Balaban J connectivity index is 2.66. The van der Waals surface area contributed by atoms with E-state index in [0.29, 0.717) is 5.92 Å². The van der Waals surface area contributed by atoms with Crippen molar-refractivity contribution in [1.82, 2.24) is 5.32 Å². The van der Waals surface area contributed by atoms with E-state index in [1.807, 2.05) is 19.1 Å². The maximum atomic E-state index is 12.5. The highest BCUT2D eigenvalue weighted by molar-refractivity contribution is 8.13. The van der Waals surface area contributed by atoms with E-state index in [1.165, 1.54) is 12.5 Å². The first-order chi connectivity index (χ1) is 12.2. The fraction of sp³-hybridized carbons (Fsp3) is 0.550. The summed E-state index contributed by atoms with van der Waals surface area (Å²) >= 11 is 1.04. The lowest BCUT2D eigenvalue weighted by Gasteiger charge is -2.17. The van der Waals surface area contributed by atoms with Crippen LogP contribution in [0.1, 0.15) is 51.7 Å². The smallest absolute Gasteiger partial charge is 0.329 e. The Morgan fingerprint density at radius 2 is 1.73 bits per heavy atom. The molecule has 0 heterocycles. The number of hydrogen-bond donors (Lipinski definition) is 1. The zero-order valence-corrected chi connectivity index (χ0v) is 17.0. The van der Waals surface area contributed by atoms with E-state index in [2.05, 4.69) is 31.3 Å². The van der Waals surface area contributed by atoms with Crippen molar-refractivity contribution in [2.24, 2.45) is 5.92 Å². The fourth-order valence-electron chi connectivity index (χ4n) is 2.50. The monoisotopic (exact) mass is 379 g/mol. The third-order valence-corrected chi connectivity index (χ3v) is 4.96. The molecule has 0 saturated carbocycles. The highest BCUT2D eigenvalue weighted by Crippen LogP contribution is 2.24. The largest absolute Gasteiger partial charge is 0.464 e. The van der Waals surface area contributed by atoms with Gasteiger partial charge in [-0.2, -0.15) is 0 Å². The third kappa shape index (κ3) is 7.60. The number of amides is 1. The molecule has 0 bridgehead atoms. The van der Waals surface area contributed by atoms with Crippen molar-refractivity contribution < 1.29 is 19.1 Å². The number of hydrogen-bond acceptors (Lipinski definition) is 5. The molecule has 1 amide bonds. The molecule has 0 spiro atoms. The van der Waals surface area contributed by atoms with E-state index in [4.69, 9.17) is 4.74 Å². The maximum Gasteiger partial charge on any atom is 0.329 e. The van der Waals surface area contributed by atoms with Gasteiger partial charge in [-0.25, -0.2) is 4.79 Å².